The summed E-state index contributed by atoms with van der Waals surface area (Å²) >= 11 is 0. The molecule has 0 radical (unpaired) electrons. The lowest BCUT2D eigenvalue weighted by Gasteiger charge is -2.30. The highest BCUT2D eigenvalue weighted by Gasteiger charge is 2.33. The zero-order valence-corrected chi connectivity index (χ0v) is 23.1. The number of rotatable bonds is 8. The molecule has 0 amide bonds. The van der Waals surface area contributed by atoms with E-state index in [0.717, 1.165) is 96.3 Å². The second-order valence-corrected chi connectivity index (χ2v) is 11.0. The molecule has 8 nitrogen and oxygen atoms in total. The topological polar surface area (TPSA) is 107 Å². The quantitative estimate of drug-likeness (QED) is 0.272. The van der Waals surface area contributed by atoms with E-state index in [-0.39, 0.29) is 6.10 Å². The fourth-order valence-electron chi connectivity index (χ4n) is 6.05. The van der Waals surface area contributed by atoms with Gasteiger partial charge < -0.3 is 30.3 Å². The highest BCUT2D eigenvalue weighted by Crippen LogP contribution is 2.52. The molecule has 3 aromatic rings. The predicted octanol–water partition coefficient (Wildman–Crippen LogP) is 6.01. The van der Waals surface area contributed by atoms with Crippen molar-refractivity contribution in [3.8, 4) is 22.9 Å². The first kappa shape index (κ1) is 25.9. The van der Waals surface area contributed by atoms with Crippen molar-refractivity contribution >= 4 is 28.6 Å². The molecule has 0 spiro atoms. The van der Waals surface area contributed by atoms with Gasteiger partial charge in [-0.2, -0.15) is 9.97 Å². The highest BCUT2D eigenvalue weighted by molar-refractivity contribution is 6.05. The number of fused-ring (bicyclic) bond motifs is 1. The standard InChI is InChI=1S/C31H39N5O3/c1-3-38-29-27(26-19(2)7-10-25(33)24(26)18-32)22(20-8-9-20)17-23-28(29)34-31(39-21-11-15-37-16-12-21)35-30(23)36-13-5-4-6-14-36/h7,10,17-18,20-21,32H,3-6,8-9,11-16,33H2,1-2H3. The largest absolute Gasteiger partial charge is 0.491 e. The van der Waals surface area contributed by atoms with Gasteiger partial charge in [-0.05, 0) is 80.7 Å². The van der Waals surface area contributed by atoms with Crippen LogP contribution in [0.25, 0.3) is 22.0 Å². The fraction of sp³-hybridized carbons (Fsp3) is 0.516. The molecule has 2 saturated heterocycles. The molecule has 39 heavy (non-hydrogen) atoms. The van der Waals surface area contributed by atoms with Crippen molar-refractivity contribution in [3.05, 3.63) is 34.9 Å². The molecule has 2 aliphatic heterocycles. The van der Waals surface area contributed by atoms with Crippen LogP contribution in [0.4, 0.5) is 11.5 Å². The molecule has 1 aromatic heterocycles. The molecule has 3 aliphatic rings. The number of piperidine rings is 1. The van der Waals surface area contributed by atoms with Crippen LogP contribution in [0.1, 0.15) is 74.5 Å². The summed E-state index contributed by atoms with van der Waals surface area (Å²) < 4.78 is 18.5. The van der Waals surface area contributed by atoms with Gasteiger partial charge in [-0.1, -0.05) is 6.07 Å². The molecule has 3 fully saturated rings. The van der Waals surface area contributed by atoms with Gasteiger partial charge in [-0.3, -0.25) is 0 Å². The van der Waals surface area contributed by atoms with Gasteiger partial charge in [0.05, 0.1) is 19.8 Å². The normalized spacial score (nSPS) is 18.4. The summed E-state index contributed by atoms with van der Waals surface area (Å²) in [5.74, 6) is 2.12. The van der Waals surface area contributed by atoms with Crippen LogP contribution in [0.3, 0.4) is 0 Å². The average molecular weight is 530 g/mol. The molecular weight excluding hydrogens is 490 g/mol. The Kier molecular flexibility index (Phi) is 7.30. The Hall–Kier alpha value is -3.39. The number of aryl methyl sites for hydroxylation is 1. The molecule has 3 heterocycles. The third-order valence-electron chi connectivity index (χ3n) is 8.22. The molecule has 1 aliphatic carbocycles. The van der Waals surface area contributed by atoms with Crippen LogP contribution in [0.15, 0.2) is 18.2 Å². The number of hydrogen-bond acceptors (Lipinski definition) is 8. The van der Waals surface area contributed by atoms with E-state index in [1.54, 1.807) is 0 Å². The Bertz CT molecular complexity index is 1370. The lowest BCUT2D eigenvalue weighted by atomic mass is 9.87. The molecule has 6 rings (SSSR count). The molecule has 1 saturated carbocycles. The minimum Gasteiger partial charge on any atom is -0.491 e. The molecule has 206 valence electrons. The third-order valence-corrected chi connectivity index (χ3v) is 8.22. The summed E-state index contributed by atoms with van der Waals surface area (Å²) in [6.07, 6.45) is 8.88. The maximum atomic E-state index is 8.24. The lowest BCUT2D eigenvalue weighted by Crippen LogP contribution is -2.31. The Morgan fingerprint density at radius 1 is 1.08 bits per heavy atom. The van der Waals surface area contributed by atoms with Gasteiger partial charge in [-0.15, -0.1) is 0 Å². The third kappa shape index (κ3) is 5.02. The van der Waals surface area contributed by atoms with Gasteiger partial charge in [0.1, 0.15) is 17.4 Å². The molecule has 0 unspecified atom stereocenters. The first-order valence-electron chi connectivity index (χ1n) is 14.5. The smallest absolute Gasteiger partial charge is 0.319 e. The van der Waals surface area contributed by atoms with Gasteiger partial charge >= 0.3 is 6.01 Å². The molecule has 3 N–H and O–H groups in total. The Morgan fingerprint density at radius 2 is 1.85 bits per heavy atom. The number of anilines is 2. The zero-order chi connectivity index (χ0) is 26.9. The maximum absolute atomic E-state index is 8.24. The Morgan fingerprint density at radius 3 is 2.54 bits per heavy atom. The van der Waals surface area contributed by atoms with Crippen molar-refractivity contribution in [2.45, 2.75) is 70.8 Å². The van der Waals surface area contributed by atoms with E-state index in [1.165, 1.54) is 18.2 Å². The summed E-state index contributed by atoms with van der Waals surface area (Å²) in [5, 5.41) is 9.25. The molecule has 2 aromatic carbocycles. The number of ether oxygens (including phenoxy) is 3. The van der Waals surface area contributed by atoms with Crippen LogP contribution in [0.5, 0.6) is 11.8 Å². The SMILES string of the molecule is CCOc1c(-c2c(C)ccc(N)c2C=N)c(C2CC2)cc2c(N3CCCCC3)nc(OC3CCOCC3)nc12. The van der Waals surface area contributed by atoms with E-state index in [9.17, 15) is 0 Å². The number of aromatic nitrogens is 2. The number of nitrogens with zero attached hydrogens (tertiary/aromatic N) is 3. The minimum absolute atomic E-state index is 0.0341. The Balaban J connectivity index is 1.63. The average Bonchev–Trinajstić information content (AvgIpc) is 3.81. The van der Waals surface area contributed by atoms with Crippen LogP contribution in [0, 0.1) is 12.3 Å². The van der Waals surface area contributed by atoms with Crippen LogP contribution in [0.2, 0.25) is 0 Å². The van der Waals surface area contributed by atoms with E-state index in [1.807, 2.05) is 19.1 Å². The van der Waals surface area contributed by atoms with Gasteiger partial charge in [0, 0.05) is 54.3 Å². The van der Waals surface area contributed by atoms with Crippen molar-refractivity contribution in [2.75, 3.05) is 43.5 Å². The second-order valence-electron chi connectivity index (χ2n) is 11.0. The summed E-state index contributed by atoms with van der Waals surface area (Å²) in [5.41, 5.74) is 12.8. The molecule has 8 heteroatoms. The fourth-order valence-corrected chi connectivity index (χ4v) is 6.05. The van der Waals surface area contributed by atoms with Crippen molar-refractivity contribution in [1.82, 2.24) is 9.97 Å². The first-order chi connectivity index (χ1) is 19.1. The Labute approximate surface area is 230 Å². The lowest BCUT2D eigenvalue weighted by molar-refractivity contribution is 0.0219. The van der Waals surface area contributed by atoms with E-state index in [4.69, 9.17) is 35.3 Å². The van der Waals surface area contributed by atoms with Crippen LogP contribution in [-0.2, 0) is 4.74 Å². The van der Waals surface area contributed by atoms with Crippen molar-refractivity contribution in [2.24, 2.45) is 0 Å². The summed E-state index contributed by atoms with van der Waals surface area (Å²) in [4.78, 5) is 12.5. The van der Waals surface area contributed by atoms with Crippen LogP contribution >= 0.6 is 0 Å². The van der Waals surface area contributed by atoms with Gasteiger partial charge in [-0.25, -0.2) is 0 Å². The van der Waals surface area contributed by atoms with Gasteiger partial charge in [0.15, 0.2) is 5.75 Å². The van der Waals surface area contributed by atoms with Crippen LogP contribution in [-0.4, -0.2) is 55.2 Å². The van der Waals surface area contributed by atoms with E-state index in [2.05, 4.69) is 17.9 Å². The van der Waals surface area contributed by atoms with Crippen molar-refractivity contribution < 1.29 is 14.2 Å². The molecular formula is C31H39N5O3. The zero-order valence-electron chi connectivity index (χ0n) is 23.1. The summed E-state index contributed by atoms with van der Waals surface area (Å²) in [7, 11) is 0. The van der Waals surface area contributed by atoms with E-state index < -0.39 is 0 Å². The monoisotopic (exact) mass is 529 g/mol. The van der Waals surface area contributed by atoms with Gasteiger partial charge in [0.2, 0.25) is 0 Å². The number of hydrogen-bond donors (Lipinski definition) is 2. The number of nitrogens with one attached hydrogen (secondary N) is 1. The summed E-state index contributed by atoms with van der Waals surface area (Å²) in [6, 6.07) is 6.61. The van der Waals surface area contributed by atoms with Gasteiger partial charge in [0.25, 0.3) is 0 Å². The molecule has 0 bridgehead atoms. The van der Waals surface area contributed by atoms with Crippen molar-refractivity contribution in [1.29, 1.82) is 5.41 Å². The minimum atomic E-state index is 0.0341. The molecule has 0 atom stereocenters. The summed E-state index contributed by atoms with van der Waals surface area (Å²) in [6.45, 7) is 7.91. The second kappa shape index (κ2) is 11.0. The van der Waals surface area contributed by atoms with E-state index >= 15 is 0 Å². The maximum Gasteiger partial charge on any atom is 0.319 e. The van der Waals surface area contributed by atoms with E-state index in [0.29, 0.717) is 37.4 Å². The first-order valence-corrected chi connectivity index (χ1v) is 14.5. The van der Waals surface area contributed by atoms with Crippen molar-refractivity contribution in [3.63, 3.8) is 0 Å². The highest BCUT2D eigenvalue weighted by atomic mass is 16.5. The number of nitrogen functional groups attached to an aromatic ring is 1. The number of nitrogens with two attached hydrogens (primary N) is 1. The predicted molar refractivity (Wildman–Crippen MR) is 156 cm³/mol. The van der Waals surface area contributed by atoms with Crippen LogP contribution < -0.4 is 20.1 Å². The number of benzene rings is 2.